The third-order valence-electron chi connectivity index (χ3n) is 10.5. The van der Waals surface area contributed by atoms with Crippen LogP contribution in [0.4, 0.5) is 0 Å². The van der Waals surface area contributed by atoms with Crippen LogP contribution >= 0.6 is 0 Å². The normalized spacial score (nSPS) is 33.7. The lowest BCUT2D eigenvalue weighted by Crippen LogP contribution is -2.55. The van der Waals surface area contributed by atoms with Gasteiger partial charge in [0.1, 0.15) is 6.61 Å². The minimum atomic E-state index is -2.01. The summed E-state index contributed by atoms with van der Waals surface area (Å²) >= 11 is 0. The van der Waals surface area contributed by atoms with Gasteiger partial charge >= 0.3 is 0 Å². The molecule has 1 aromatic carbocycles. The molecule has 0 aromatic heterocycles. The van der Waals surface area contributed by atoms with Crippen LogP contribution in [0.5, 0.6) is 0 Å². The summed E-state index contributed by atoms with van der Waals surface area (Å²) in [6.45, 7) is 18.7. The van der Waals surface area contributed by atoms with Gasteiger partial charge in [-0.2, -0.15) is 0 Å². The Balaban J connectivity index is 1.50. The van der Waals surface area contributed by atoms with Crippen molar-refractivity contribution in [2.45, 2.75) is 110 Å². The Morgan fingerprint density at radius 3 is 2.43 bits per heavy atom. The molecule has 1 saturated carbocycles. The van der Waals surface area contributed by atoms with E-state index in [1.54, 1.807) is 11.1 Å². The zero-order valence-corrected chi connectivity index (χ0v) is 25.2. The van der Waals surface area contributed by atoms with Gasteiger partial charge in [-0.05, 0) is 73.4 Å². The fraction of sp³-hybridized carbons (Fsp3) is 0.688. The minimum Gasteiger partial charge on any atom is -0.497 e. The van der Waals surface area contributed by atoms with Gasteiger partial charge < -0.3 is 18.6 Å². The zero-order valence-electron chi connectivity index (χ0n) is 24.2. The molecule has 1 spiro atoms. The van der Waals surface area contributed by atoms with Gasteiger partial charge in [-0.3, -0.25) is 0 Å². The number of hydrogen-bond donors (Lipinski definition) is 0. The minimum absolute atomic E-state index is 0.0544. The Hall–Kier alpha value is -1.40. The summed E-state index contributed by atoms with van der Waals surface area (Å²) in [5.74, 6) is 0.0476. The fourth-order valence-electron chi connectivity index (χ4n) is 7.42. The van der Waals surface area contributed by atoms with Crippen molar-refractivity contribution in [2.24, 2.45) is 16.7 Å². The highest BCUT2D eigenvalue weighted by Gasteiger charge is 2.66. The van der Waals surface area contributed by atoms with Gasteiger partial charge in [0.15, 0.2) is 14.1 Å². The predicted molar refractivity (Wildman–Crippen MR) is 152 cm³/mol. The molecular formula is C32H48O4Si. The third-order valence-corrected chi connectivity index (χ3v) is 15.0. The zero-order chi connectivity index (χ0) is 26.5. The molecule has 0 amide bonds. The molecule has 37 heavy (non-hydrogen) atoms. The highest BCUT2D eigenvalue weighted by atomic mass is 28.4. The van der Waals surface area contributed by atoms with E-state index < -0.39 is 14.1 Å². The third kappa shape index (κ3) is 4.68. The average molecular weight is 525 g/mol. The average Bonchev–Trinajstić information content (AvgIpc) is 3.42. The first kappa shape index (κ1) is 27.2. The standard InChI is InChI=1S/C32H48O4Si/c1-29(2,3)37(6,7)36-27-22-31(5)26(15-17-32(31)34-20-21-35-32)25-14-11-16-30(4,28(25)27)18-19-33-23-24-12-9-8-10-13-24/h8-10,12-13,18-19,26-27H,11,14-17,20-23H2,1-7H3/b19-18+/t26-,27+,30+,31-/m0/s1. The van der Waals surface area contributed by atoms with Gasteiger partial charge in [-0.25, -0.2) is 0 Å². The van der Waals surface area contributed by atoms with E-state index in [0.29, 0.717) is 25.7 Å². The highest BCUT2D eigenvalue weighted by Crippen LogP contribution is 2.66. The van der Waals surface area contributed by atoms with Crippen LogP contribution in [-0.4, -0.2) is 33.4 Å². The smallest absolute Gasteiger partial charge is 0.192 e. The van der Waals surface area contributed by atoms with E-state index in [4.69, 9.17) is 18.6 Å². The molecule has 0 radical (unpaired) electrons. The van der Waals surface area contributed by atoms with Gasteiger partial charge in [0.25, 0.3) is 0 Å². The second kappa shape index (κ2) is 9.66. The molecule has 5 rings (SSSR count). The van der Waals surface area contributed by atoms with Crippen LogP contribution in [0, 0.1) is 16.7 Å². The van der Waals surface area contributed by atoms with Crippen LogP contribution in [-0.2, 0) is 25.2 Å². The van der Waals surface area contributed by atoms with E-state index in [1.165, 1.54) is 12.0 Å². The van der Waals surface area contributed by atoms with E-state index in [-0.39, 0.29) is 22.0 Å². The summed E-state index contributed by atoms with van der Waals surface area (Å²) in [5, 5.41) is 0.152. The molecule has 4 atom stereocenters. The first-order valence-electron chi connectivity index (χ1n) is 14.4. The molecule has 1 saturated heterocycles. The lowest BCUT2D eigenvalue weighted by atomic mass is 9.56. The molecule has 1 aromatic rings. The van der Waals surface area contributed by atoms with E-state index in [9.17, 15) is 0 Å². The lowest BCUT2D eigenvalue weighted by Gasteiger charge is -2.55. The Morgan fingerprint density at radius 1 is 1.05 bits per heavy atom. The van der Waals surface area contributed by atoms with Gasteiger partial charge in [0.2, 0.25) is 0 Å². The lowest BCUT2D eigenvalue weighted by molar-refractivity contribution is -0.231. The predicted octanol–water partition coefficient (Wildman–Crippen LogP) is 8.16. The molecule has 1 heterocycles. The molecule has 0 bridgehead atoms. The molecule has 4 aliphatic rings. The van der Waals surface area contributed by atoms with Crippen molar-refractivity contribution in [3.8, 4) is 0 Å². The maximum absolute atomic E-state index is 7.36. The van der Waals surface area contributed by atoms with E-state index in [1.807, 2.05) is 12.3 Å². The second-order valence-electron chi connectivity index (χ2n) is 13.8. The van der Waals surface area contributed by atoms with Crippen molar-refractivity contribution in [3.63, 3.8) is 0 Å². The Bertz CT molecular complexity index is 1030. The number of fused-ring (bicyclic) bond motifs is 3. The van der Waals surface area contributed by atoms with Crippen LogP contribution in [0.2, 0.25) is 18.1 Å². The molecule has 0 N–H and O–H groups in total. The number of allylic oxidation sites excluding steroid dienone is 2. The van der Waals surface area contributed by atoms with E-state index >= 15 is 0 Å². The SMILES string of the molecule is CC(C)(C)[Si](C)(C)O[C@@H]1C[C@@]2(C)[C@@H](CCC23OCCO3)C2=C1[C@@](C)(/C=C/OCc1ccccc1)CCC2. The van der Waals surface area contributed by atoms with Crippen LogP contribution in [0.25, 0.3) is 0 Å². The molecule has 5 heteroatoms. The molecule has 1 aliphatic heterocycles. The molecule has 3 aliphatic carbocycles. The van der Waals surface area contributed by atoms with Crippen molar-refractivity contribution in [3.05, 3.63) is 59.4 Å². The van der Waals surface area contributed by atoms with Crippen LogP contribution in [0.1, 0.15) is 78.7 Å². The summed E-state index contributed by atoms with van der Waals surface area (Å²) in [7, 11) is -2.01. The Morgan fingerprint density at radius 2 is 1.76 bits per heavy atom. The maximum Gasteiger partial charge on any atom is 0.192 e. The maximum atomic E-state index is 7.36. The molecule has 0 unspecified atom stereocenters. The molecule has 4 nitrogen and oxygen atoms in total. The molecule has 204 valence electrons. The van der Waals surface area contributed by atoms with Gasteiger partial charge in [-0.15, -0.1) is 0 Å². The topological polar surface area (TPSA) is 36.9 Å². The number of hydrogen-bond acceptors (Lipinski definition) is 4. The van der Waals surface area contributed by atoms with E-state index in [0.717, 1.165) is 32.1 Å². The first-order valence-corrected chi connectivity index (χ1v) is 17.3. The molecular weight excluding hydrogens is 476 g/mol. The summed E-state index contributed by atoms with van der Waals surface area (Å²) in [5.41, 5.74) is 4.25. The van der Waals surface area contributed by atoms with Crippen molar-refractivity contribution in [1.29, 1.82) is 0 Å². The number of rotatable bonds is 6. The van der Waals surface area contributed by atoms with Crippen molar-refractivity contribution < 1.29 is 18.6 Å². The summed E-state index contributed by atoms with van der Waals surface area (Å²) in [4.78, 5) is 0. The van der Waals surface area contributed by atoms with Crippen molar-refractivity contribution >= 4 is 8.32 Å². The van der Waals surface area contributed by atoms with Gasteiger partial charge in [-0.1, -0.05) is 70.5 Å². The number of benzene rings is 1. The van der Waals surface area contributed by atoms with Crippen LogP contribution < -0.4 is 0 Å². The Kier molecular flexibility index (Phi) is 7.09. The first-order chi connectivity index (χ1) is 17.4. The fourth-order valence-corrected chi connectivity index (χ4v) is 8.68. The van der Waals surface area contributed by atoms with Gasteiger partial charge in [0.05, 0.1) is 25.6 Å². The highest BCUT2D eigenvalue weighted by molar-refractivity contribution is 6.74. The quantitative estimate of drug-likeness (QED) is 0.214. The monoisotopic (exact) mass is 524 g/mol. The van der Waals surface area contributed by atoms with Crippen LogP contribution in [0.15, 0.2) is 53.8 Å². The summed E-state index contributed by atoms with van der Waals surface area (Å²) < 4.78 is 26.3. The number of ether oxygens (including phenoxy) is 3. The van der Waals surface area contributed by atoms with E-state index in [2.05, 4.69) is 78.1 Å². The van der Waals surface area contributed by atoms with Crippen molar-refractivity contribution in [1.82, 2.24) is 0 Å². The Labute approximate surface area is 225 Å². The van der Waals surface area contributed by atoms with Gasteiger partial charge in [0, 0.05) is 17.3 Å². The summed E-state index contributed by atoms with van der Waals surface area (Å²) in [6.07, 6.45) is 11.0. The summed E-state index contributed by atoms with van der Waals surface area (Å²) in [6, 6.07) is 10.4. The molecule has 2 fully saturated rings. The van der Waals surface area contributed by atoms with Crippen molar-refractivity contribution in [2.75, 3.05) is 13.2 Å². The largest absolute Gasteiger partial charge is 0.497 e. The van der Waals surface area contributed by atoms with Crippen LogP contribution in [0.3, 0.4) is 0 Å². The second-order valence-corrected chi connectivity index (χ2v) is 18.6.